The Labute approximate surface area is 187 Å². The van der Waals surface area contributed by atoms with Gasteiger partial charge in [0, 0.05) is 11.6 Å². The van der Waals surface area contributed by atoms with E-state index < -0.39 is 5.97 Å². The summed E-state index contributed by atoms with van der Waals surface area (Å²) in [5, 5.41) is 0. The van der Waals surface area contributed by atoms with Gasteiger partial charge in [0.15, 0.2) is 0 Å². The number of carbonyl (C=O) groups is 1. The highest BCUT2D eigenvalue weighted by Gasteiger charge is 2.06. The summed E-state index contributed by atoms with van der Waals surface area (Å²) in [6, 6.07) is 28.2. The third-order valence-electron chi connectivity index (χ3n) is 5.23. The van der Waals surface area contributed by atoms with Crippen molar-refractivity contribution in [1.82, 2.24) is 0 Å². The van der Waals surface area contributed by atoms with E-state index in [-0.39, 0.29) is 5.82 Å². The second kappa shape index (κ2) is 9.44. The Balaban J connectivity index is 1.40. The summed E-state index contributed by atoms with van der Waals surface area (Å²) in [4.78, 5) is 12.2. The summed E-state index contributed by atoms with van der Waals surface area (Å²) in [5.41, 5.74) is 6.40. The maximum atomic E-state index is 14.6. The van der Waals surface area contributed by atoms with Gasteiger partial charge in [-0.3, -0.25) is 0 Å². The minimum Gasteiger partial charge on any atom is -0.423 e. The van der Waals surface area contributed by atoms with E-state index >= 15 is 0 Å². The van der Waals surface area contributed by atoms with Crippen LogP contribution in [0, 0.1) is 19.7 Å². The van der Waals surface area contributed by atoms with Crippen LogP contribution in [0.5, 0.6) is 5.75 Å². The van der Waals surface area contributed by atoms with Crippen molar-refractivity contribution < 1.29 is 13.9 Å². The highest BCUT2D eigenvalue weighted by atomic mass is 19.1. The average molecular weight is 422 g/mol. The number of hydrogen-bond donors (Lipinski definition) is 0. The maximum Gasteiger partial charge on any atom is 0.336 e. The van der Waals surface area contributed by atoms with Gasteiger partial charge in [0.25, 0.3) is 0 Å². The zero-order chi connectivity index (χ0) is 22.5. The molecule has 0 spiro atoms. The molecule has 0 atom stereocenters. The first-order chi connectivity index (χ1) is 15.5. The normalized spacial score (nSPS) is 11.0. The maximum absolute atomic E-state index is 14.6. The van der Waals surface area contributed by atoms with Crippen molar-refractivity contribution in [3.63, 3.8) is 0 Å². The molecule has 0 amide bonds. The Kier molecular flexibility index (Phi) is 6.27. The molecule has 0 aliphatic heterocycles. The molecule has 0 bridgehead atoms. The van der Waals surface area contributed by atoms with Crippen LogP contribution >= 0.6 is 0 Å². The molecular weight excluding hydrogens is 399 g/mol. The van der Waals surface area contributed by atoms with Crippen molar-refractivity contribution in [1.29, 1.82) is 0 Å². The Hall–Kier alpha value is -3.98. The molecule has 0 unspecified atom stereocenters. The lowest BCUT2D eigenvalue weighted by atomic mass is 10.0. The number of esters is 1. The molecule has 2 nitrogen and oxygen atoms in total. The van der Waals surface area contributed by atoms with Crippen molar-refractivity contribution in [2.24, 2.45) is 0 Å². The standard InChI is InChI=1S/C29H23FO2/c1-20-3-9-23(10-4-20)24-13-15-26(16-14-24)32-29(31)18-8-22-7-17-27(28(30)19-22)25-11-5-21(2)6-12-25/h3-19H,1-2H3/b18-8+. The first-order valence-corrected chi connectivity index (χ1v) is 10.4. The molecule has 0 radical (unpaired) electrons. The fraction of sp³-hybridized carbons (Fsp3) is 0.0690. The van der Waals surface area contributed by atoms with E-state index in [0.717, 1.165) is 22.3 Å². The van der Waals surface area contributed by atoms with E-state index in [4.69, 9.17) is 4.74 Å². The predicted octanol–water partition coefficient (Wildman–Crippen LogP) is 7.40. The van der Waals surface area contributed by atoms with Gasteiger partial charge in [-0.15, -0.1) is 0 Å². The predicted molar refractivity (Wildman–Crippen MR) is 128 cm³/mol. The van der Waals surface area contributed by atoms with Crippen molar-refractivity contribution in [2.75, 3.05) is 0 Å². The van der Waals surface area contributed by atoms with Crippen LogP contribution in [0.2, 0.25) is 0 Å². The van der Waals surface area contributed by atoms with Crippen LogP contribution in [-0.2, 0) is 4.79 Å². The van der Waals surface area contributed by atoms with Gasteiger partial charge in [-0.2, -0.15) is 0 Å². The van der Waals surface area contributed by atoms with E-state index in [1.165, 1.54) is 17.7 Å². The summed E-state index contributed by atoms with van der Waals surface area (Å²) in [6.07, 6.45) is 2.85. The molecule has 0 aliphatic rings. The molecule has 158 valence electrons. The molecule has 4 aromatic carbocycles. The van der Waals surface area contributed by atoms with Crippen molar-refractivity contribution >= 4 is 12.0 Å². The lowest BCUT2D eigenvalue weighted by Crippen LogP contribution is -2.03. The monoisotopic (exact) mass is 422 g/mol. The highest BCUT2D eigenvalue weighted by molar-refractivity contribution is 5.89. The summed E-state index contributed by atoms with van der Waals surface area (Å²) < 4.78 is 19.9. The number of carbonyl (C=O) groups excluding carboxylic acids is 1. The van der Waals surface area contributed by atoms with Gasteiger partial charge in [-0.1, -0.05) is 83.9 Å². The molecule has 0 saturated heterocycles. The number of ether oxygens (including phenoxy) is 1. The second-order valence-electron chi connectivity index (χ2n) is 7.75. The third kappa shape index (κ3) is 5.19. The topological polar surface area (TPSA) is 26.3 Å². The average Bonchev–Trinajstić information content (AvgIpc) is 2.80. The van der Waals surface area contributed by atoms with E-state index in [1.54, 1.807) is 30.3 Å². The Bertz CT molecular complexity index is 1250. The van der Waals surface area contributed by atoms with Crippen LogP contribution in [0.4, 0.5) is 4.39 Å². The molecule has 3 heteroatoms. The lowest BCUT2D eigenvalue weighted by molar-refractivity contribution is -0.128. The van der Waals surface area contributed by atoms with Crippen LogP contribution in [0.15, 0.2) is 97.1 Å². The summed E-state index contributed by atoms with van der Waals surface area (Å²) in [5.74, 6) is -0.399. The number of halogens is 1. The Morgan fingerprint density at radius 3 is 1.81 bits per heavy atom. The lowest BCUT2D eigenvalue weighted by Gasteiger charge is -2.06. The molecule has 0 heterocycles. The molecule has 4 aromatic rings. The fourth-order valence-corrected chi connectivity index (χ4v) is 3.38. The molecule has 0 N–H and O–H groups in total. The van der Waals surface area contributed by atoms with Crippen molar-refractivity contribution in [3.05, 3.63) is 120 Å². The second-order valence-corrected chi connectivity index (χ2v) is 7.75. The minimum absolute atomic E-state index is 0.337. The van der Waals surface area contributed by atoms with Crippen LogP contribution in [0.25, 0.3) is 28.3 Å². The van der Waals surface area contributed by atoms with Gasteiger partial charge < -0.3 is 4.74 Å². The molecule has 4 rings (SSSR count). The highest BCUT2D eigenvalue weighted by Crippen LogP contribution is 2.25. The van der Waals surface area contributed by atoms with Crippen molar-refractivity contribution in [3.8, 4) is 28.0 Å². The van der Waals surface area contributed by atoms with Gasteiger partial charge in [0.1, 0.15) is 11.6 Å². The van der Waals surface area contributed by atoms with E-state index in [0.29, 0.717) is 16.9 Å². The summed E-state index contributed by atoms with van der Waals surface area (Å²) >= 11 is 0. The van der Waals surface area contributed by atoms with Crippen LogP contribution in [-0.4, -0.2) is 5.97 Å². The van der Waals surface area contributed by atoms with Crippen LogP contribution in [0.1, 0.15) is 16.7 Å². The Morgan fingerprint density at radius 1 is 0.719 bits per heavy atom. The smallest absolute Gasteiger partial charge is 0.336 e. The SMILES string of the molecule is Cc1ccc(-c2ccc(OC(=O)/C=C/c3ccc(-c4ccc(C)cc4)c(F)c3)cc2)cc1. The van der Waals surface area contributed by atoms with Gasteiger partial charge in [0.05, 0.1) is 0 Å². The molecule has 32 heavy (non-hydrogen) atoms. The first-order valence-electron chi connectivity index (χ1n) is 10.4. The van der Waals surface area contributed by atoms with Crippen LogP contribution in [0.3, 0.4) is 0 Å². The number of benzene rings is 4. The molecule has 0 aromatic heterocycles. The molecule has 0 fully saturated rings. The number of aryl methyl sites for hydroxylation is 2. The molecule has 0 saturated carbocycles. The number of hydrogen-bond acceptors (Lipinski definition) is 2. The first kappa shape index (κ1) is 21.3. The Morgan fingerprint density at radius 2 is 1.25 bits per heavy atom. The van der Waals surface area contributed by atoms with Gasteiger partial charge in [-0.05, 0) is 60.4 Å². The van der Waals surface area contributed by atoms with Gasteiger partial charge in [0.2, 0.25) is 0 Å². The zero-order valence-corrected chi connectivity index (χ0v) is 18.0. The van der Waals surface area contributed by atoms with E-state index in [1.807, 2.05) is 50.2 Å². The zero-order valence-electron chi connectivity index (χ0n) is 18.0. The van der Waals surface area contributed by atoms with Crippen molar-refractivity contribution in [2.45, 2.75) is 13.8 Å². The van der Waals surface area contributed by atoms with E-state index in [2.05, 4.69) is 24.3 Å². The third-order valence-corrected chi connectivity index (χ3v) is 5.23. The largest absolute Gasteiger partial charge is 0.423 e. The van der Waals surface area contributed by atoms with Gasteiger partial charge in [-0.25, -0.2) is 9.18 Å². The summed E-state index contributed by atoms with van der Waals surface area (Å²) in [7, 11) is 0. The van der Waals surface area contributed by atoms with Crippen LogP contribution < -0.4 is 4.74 Å². The minimum atomic E-state index is -0.517. The number of rotatable bonds is 5. The quantitative estimate of drug-likeness (QED) is 0.190. The molecular formula is C29H23FO2. The molecule has 0 aliphatic carbocycles. The van der Waals surface area contributed by atoms with E-state index in [9.17, 15) is 9.18 Å². The van der Waals surface area contributed by atoms with Gasteiger partial charge >= 0.3 is 5.97 Å². The summed E-state index contributed by atoms with van der Waals surface area (Å²) in [6.45, 7) is 4.04. The fourth-order valence-electron chi connectivity index (χ4n) is 3.38.